The molecule has 0 fully saturated rings. The summed E-state index contributed by atoms with van der Waals surface area (Å²) < 4.78 is 0. The van der Waals surface area contributed by atoms with E-state index < -0.39 is 0 Å². The van der Waals surface area contributed by atoms with Crippen molar-refractivity contribution in [3.63, 3.8) is 0 Å². The number of hydrogen-bond acceptors (Lipinski definition) is 3. The molecule has 0 radical (unpaired) electrons. The van der Waals surface area contributed by atoms with Gasteiger partial charge in [0.15, 0.2) is 0 Å². The average molecular weight is 175 g/mol. The number of aliphatic hydroxyl groups is 2. The van der Waals surface area contributed by atoms with Crippen molar-refractivity contribution in [2.75, 3.05) is 20.7 Å². The first-order chi connectivity index (χ1) is 5.61. The lowest BCUT2D eigenvalue weighted by molar-refractivity contribution is 0.0947. The molecule has 0 aromatic rings. The predicted molar refractivity (Wildman–Crippen MR) is 50.1 cm³/mol. The van der Waals surface area contributed by atoms with Gasteiger partial charge in [-0.3, -0.25) is 0 Å². The average Bonchev–Trinajstić information content (AvgIpc) is 2.00. The van der Waals surface area contributed by atoms with E-state index in [0.717, 1.165) is 12.8 Å². The van der Waals surface area contributed by atoms with E-state index in [-0.39, 0.29) is 12.7 Å². The standard InChI is InChI=1S/C9H21NO2/c1-4-8(10(2)3)7-9(12)5-6-11/h8-9,11-12H,4-7H2,1-3H3. The summed E-state index contributed by atoms with van der Waals surface area (Å²) in [6.45, 7) is 2.18. The molecule has 0 aromatic heterocycles. The quantitative estimate of drug-likeness (QED) is 0.616. The molecule has 0 heterocycles. The van der Waals surface area contributed by atoms with Gasteiger partial charge in [0.1, 0.15) is 0 Å². The Balaban J connectivity index is 3.69. The van der Waals surface area contributed by atoms with E-state index in [0.29, 0.717) is 12.5 Å². The van der Waals surface area contributed by atoms with Crippen molar-refractivity contribution in [1.29, 1.82) is 0 Å². The van der Waals surface area contributed by atoms with Crippen molar-refractivity contribution in [3.05, 3.63) is 0 Å². The fourth-order valence-corrected chi connectivity index (χ4v) is 1.32. The summed E-state index contributed by atoms with van der Waals surface area (Å²) in [6.07, 6.45) is 1.92. The Labute approximate surface area is 75.0 Å². The Kier molecular flexibility index (Phi) is 6.34. The van der Waals surface area contributed by atoms with Gasteiger partial charge in [-0.1, -0.05) is 6.92 Å². The van der Waals surface area contributed by atoms with Gasteiger partial charge in [0.05, 0.1) is 6.10 Å². The van der Waals surface area contributed by atoms with Gasteiger partial charge in [-0.25, -0.2) is 0 Å². The van der Waals surface area contributed by atoms with Gasteiger partial charge in [-0.05, 0) is 33.4 Å². The van der Waals surface area contributed by atoms with E-state index in [1.807, 2.05) is 14.1 Å². The highest BCUT2D eigenvalue weighted by molar-refractivity contribution is 4.69. The van der Waals surface area contributed by atoms with Crippen molar-refractivity contribution in [2.45, 2.75) is 38.3 Å². The maximum atomic E-state index is 9.41. The minimum atomic E-state index is -0.359. The molecule has 3 nitrogen and oxygen atoms in total. The molecule has 0 amide bonds. The van der Waals surface area contributed by atoms with Crippen molar-refractivity contribution in [1.82, 2.24) is 4.90 Å². The molecular weight excluding hydrogens is 154 g/mol. The van der Waals surface area contributed by atoms with E-state index in [4.69, 9.17) is 5.11 Å². The zero-order valence-corrected chi connectivity index (χ0v) is 8.32. The largest absolute Gasteiger partial charge is 0.396 e. The van der Waals surface area contributed by atoms with Crippen LogP contribution in [-0.4, -0.2) is 48.0 Å². The minimum Gasteiger partial charge on any atom is -0.396 e. The van der Waals surface area contributed by atoms with Crippen molar-refractivity contribution >= 4 is 0 Å². The van der Waals surface area contributed by atoms with Crippen LogP contribution in [0.4, 0.5) is 0 Å². The van der Waals surface area contributed by atoms with E-state index in [9.17, 15) is 5.11 Å². The van der Waals surface area contributed by atoms with Gasteiger partial charge in [-0.15, -0.1) is 0 Å². The first-order valence-corrected chi connectivity index (χ1v) is 4.57. The second kappa shape index (κ2) is 6.40. The lowest BCUT2D eigenvalue weighted by atomic mass is 10.0. The summed E-state index contributed by atoms with van der Waals surface area (Å²) in [6, 6.07) is 0.423. The zero-order chi connectivity index (χ0) is 9.56. The van der Waals surface area contributed by atoms with Gasteiger partial charge in [0.2, 0.25) is 0 Å². The predicted octanol–water partition coefficient (Wildman–Crippen LogP) is 0.460. The molecule has 74 valence electrons. The monoisotopic (exact) mass is 175 g/mol. The molecule has 2 atom stereocenters. The smallest absolute Gasteiger partial charge is 0.0577 e. The second-order valence-electron chi connectivity index (χ2n) is 3.43. The molecule has 0 bridgehead atoms. The maximum absolute atomic E-state index is 9.41. The molecule has 3 heteroatoms. The third-order valence-corrected chi connectivity index (χ3v) is 2.21. The normalized spacial score (nSPS) is 16.5. The fraction of sp³-hybridized carbons (Fsp3) is 1.00. The summed E-state index contributed by atoms with van der Waals surface area (Å²) in [5.41, 5.74) is 0. The molecule has 0 aliphatic carbocycles. The summed E-state index contributed by atoms with van der Waals surface area (Å²) in [5, 5.41) is 18.0. The molecule has 0 saturated heterocycles. The number of aliphatic hydroxyl groups excluding tert-OH is 2. The third-order valence-electron chi connectivity index (χ3n) is 2.21. The Bertz CT molecular complexity index is 107. The highest BCUT2D eigenvalue weighted by Gasteiger charge is 2.13. The zero-order valence-electron chi connectivity index (χ0n) is 8.32. The highest BCUT2D eigenvalue weighted by Crippen LogP contribution is 2.09. The fourth-order valence-electron chi connectivity index (χ4n) is 1.32. The van der Waals surface area contributed by atoms with Crippen LogP contribution in [0.1, 0.15) is 26.2 Å². The molecule has 0 aliphatic heterocycles. The molecule has 2 N–H and O–H groups in total. The highest BCUT2D eigenvalue weighted by atomic mass is 16.3. The molecule has 0 aromatic carbocycles. The summed E-state index contributed by atoms with van der Waals surface area (Å²) in [7, 11) is 4.03. The topological polar surface area (TPSA) is 43.7 Å². The van der Waals surface area contributed by atoms with E-state index in [1.54, 1.807) is 0 Å². The minimum absolute atomic E-state index is 0.0744. The lowest BCUT2D eigenvalue weighted by Crippen LogP contribution is -2.31. The third kappa shape index (κ3) is 4.70. The van der Waals surface area contributed by atoms with Crippen molar-refractivity contribution in [2.24, 2.45) is 0 Å². The van der Waals surface area contributed by atoms with Gasteiger partial charge in [-0.2, -0.15) is 0 Å². The summed E-state index contributed by atoms with van der Waals surface area (Å²) in [4.78, 5) is 2.11. The van der Waals surface area contributed by atoms with Gasteiger partial charge in [0.25, 0.3) is 0 Å². The summed E-state index contributed by atoms with van der Waals surface area (Å²) in [5.74, 6) is 0. The van der Waals surface area contributed by atoms with Crippen LogP contribution in [0, 0.1) is 0 Å². The lowest BCUT2D eigenvalue weighted by Gasteiger charge is -2.24. The van der Waals surface area contributed by atoms with E-state index in [2.05, 4.69) is 11.8 Å². The Morgan fingerprint density at radius 2 is 1.92 bits per heavy atom. The summed E-state index contributed by atoms with van der Waals surface area (Å²) >= 11 is 0. The number of hydrogen-bond donors (Lipinski definition) is 2. The Morgan fingerprint density at radius 3 is 2.25 bits per heavy atom. The van der Waals surface area contributed by atoms with Gasteiger partial charge >= 0.3 is 0 Å². The van der Waals surface area contributed by atoms with Crippen molar-refractivity contribution in [3.8, 4) is 0 Å². The number of rotatable bonds is 6. The molecule has 0 saturated carbocycles. The van der Waals surface area contributed by atoms with Crippen LogP contribution in [0.5, 0.6) is 0 Å². The van der Waals surface area contributed by atoms with Crippen LogP contribution in [0.2, 0.25) is 0 Å². The Hall–Kier alpha value is -0.120. The molecule has 0 spiro atoms. The van der Waals surface area contributed by atoms with Crippen LogP contribution in [0.3, 0.4) is 0 Å². The van der Waals surface area contributed by atoms with Crippen molar-refractivity contribution < 1.29 is 10.2 Å². The van der Waals surface area contributed by atoms with Crippen LogP contribution in [0.15, 0.2) is 0 Å². The number of nitrogens with zero attached hydrogens (tertiary/aromatic N) is 1. The Morgan fingerprint density at radius 1 is 1.33 bits per heavy atom. The van der Waals surface area contributed by atoms with E-state index in [1.165, 1.54) is 0 Å². The molecule has 0 rings (SSSR count). The van der Waals surface area contributed by atoms with Gasteiger partial charge in [0, 0.05) is 12.6 Å². The molecule has 0 aliphatic rings. The van der Waals surface area contributed by atoms with Crippen LogP contribution in [-0.2, 0) is 0 Å². The van der Waals surface area contributed by atoms with Crippen LogP contribution in [0.25, 0.3) is 0 Å². The van der Waals surface area contributed by atoms with Crippen LogP contribution >= 0.6 is 0 Å². The van der Waals surface area contributed by atoms with Crippen LogP contribution < -0.4 is 0 Å². The van der Waals surface area contributed by atoms with E-state index >= 15 is 0 Å². The second-order valence-corrected chi connectivity index (χ2v) is 3.43. The SMILES string of the molecule is CCC(CC(O)CCO)N(C)C. The maximum Gasteiger partial charge on any atom is 0.0577 e. The molecular formula is C9H21NO2. The molecule has 2 unspecified atom stereocenters. The first-order valence-electron chi connectivity index (χ1n) is 4.57. The first kappa shape index (κ1) is 11.9. The molecule has 12 heavy (non-hydrogen) atoms. The van der Waals surface area contributed by atoms with Gasteiger partial charge < -0.3 is 15.1 Å².